The number of carbonyl (C=O) groups is 2. The van der Waals surface area contributed by atoms with Gasteiger partial charge < -0.3 is 15.5 Å². The molecule has 0 aliphatic carbocycles. The molecule has 16 heavy (non-hydrogen) atoms. The lowest BCUT2D eigenvalue weighted by molar-refractivity contribution is -0.138. The summed E-state index contributed by atoms with van der Waals surface area (Å²) in [5.74, 6) is 0.127. The summed E-state index contributed by atoms with van der Waals surface area (Å²) in [6.45, 7) is 3.61. The molecule has 2 rings (SSSR count). The minimum absolute atomic E-state index is 0.107. The summed E-state index contributed by atoms with van der Waals surface area (Å²) >= 11 is 0. The number of amides is 2. The summed E-state index contributed by atoms with van der Waals surface area (Å²) in [7, 11) is 0. The summed E-state index contributed by atoms with van der Waals surface area (Å²) in [4.78, 5) is 24.6. The van der Waals surface area contributed by atoms with Gasteiger partial charge in [0.25, 0.3) is 0 Å². The molecule has 2 N–H and O–H groups in total. The van der Waals surface area contributed by atoms with E-state index in [1.165, 1.54) is 0 Å². The fraction of sp³-hybridized carbons (Fsp3) is 0.818. The Labute approximate surface area is 95.6 Å². The van der Waals surface area contributed by atoms with Gasteiger partial charge in [0.15, 0.2) is 0 Å². The predicted molar refractivity (Wildman–Crippen MR) is 59.6 cm³/mol. The quantitative estimate of drug-likeness (QED) is 0.655. The van der Waals surface area contributed by atoms with Crippen molar-refractivity contribution in [3.63, 3.8) is 0 Å². The smallest absolute Gasteiger partial charge is 0.244 e. The van der Waals surface area contributed by atoms with Crippen LogP contribution in [-0.4, -0.2) is 42.0 Å². The Kier molecular flexibility index (Phi) is 3.14. The number of hydrogen-bond donors (Lipinski definition) is 2. The minimum Gasteiger partial charge on any atom is -0.338 e. The van der Waals surface area contributed by atoms with Crippen molar-refractivity contribution in [2.75, 3.05) is 13.1 Å². The molecule has 0 aromatic heterocycles. The molecule has 90 valence electrons. The zero-order chi connectivity index (χ0) is 11.6. The van der Waals surface area contributed by atoms with Crippen LogP contribution in [0.3, 0.4) is 0 Å². The van der Waals surface area contributed by atoms with Gasteiger partial charge in [0.05, 0.1) is 5.54 Å². The molecule has 5 nitrogen and oxygen atoms in total. The third kappa shape index (κ3) is 1.91. The first-order valence-electron chi connectivity index (χ1n) is 5.93. The Morgan fingerprint density at radius 1 is 1.56 bits per heavy atom. The summed E-state index contributed by atoms with van der Waals surface area (Å²) in [5, 5.41) is 5.98. The highest BCUT2D eigenvalue weighted by Gasteiger charge is 2.42. The van der Waals surface area contributed by atoms with Gasteiger partial charge in [0.2, 0.25) is 12.3 Å². The van der Waals surface area contributed by atoms with Gasteiger partial charge in [0.1, 0.15) is 6.17 Å². The number of likely N-dealkylation sites (tertiary alicyclic amines) is 1. The van der Waals surface area contributed by atoms with Crippen molar-refractivity contribution in [2.45, 2.75) is 44.3 Å². The maximum absolute atomic E-state index is 12.4. The molecule has 2 atom stereocenters. The molecule has 0 bridgehead atoms. The van der Waals surface area contributed by atoms with Crippen molar-refractivity contribution in [2.24, 2.45) is 0 Å². The molecule has 0 spiro atoms. The van der Waals surface area contributed by atoms with Crippen molar-refractivity contribution in [1.29, 1.82) is 0 Å². The number of nitrogens with zero attached hydrogens (tertiary/aromatic N) is 1. The lowest BCUT2D eigenvalue weighted by Crippen LogP contribution is -2.56. The summed E-state index contributed by atoms with van der Waals surface area (Å²) in [5.41, 5.74) is -0.423. The fourth-order valence-electron chi connectivity index (χ4n) is 2.66. The van der Waals surface area contributed by atoms with E-state index in [2.05, 4.69) is 10.6 Å². The highest BCUT2D eigenvalue weighted by atomic mass is 16.2. The van der Waals surface area contributed by atoms with Gasteiger partial charge in [-0.1, -0.05) is 0 Å². The Morgan fingerprint density at radius 2 is 2.38 bits per heavy atom. The van der Waals surface area contributed by atoms with Crippen LogP contribution in [0.4, 0.5) is 0 Å². The first kappa shape index (κ1) is 11.4. The third-order valence-corrected chi connectivity index (χ3v) is 3.61. The number of nitrogens with one attached hydrogen (secondary N) is 2. The zero-order valence-electron chi connectivity index (χ0n) is 9.66. The molecule has 2 amide bonds. The van der Waals surface area contributed by atoms with Crippen molar-refractivity contribution >= 4 is 12.3 Å². The first-order valence-corrected chi connectivity index (χ1v) is 5.93. The Bertz CT molecular complexity index is 287. The van der Waals surface area contributed by atoms with E-state index in [1.54, 1.807) is 4.90 Å². The van der Waals surface area contributed by atoms with Crippen LogP contribution < -0.4 is 10.6 Å². The van der Waals surface area contributed by atoms with Crippen molar-refractivity contribution in [3.8, 4) is 0 Å². The number of rotatable bonds is 3. The van der Waals surface area contributed by atoms with E-state index in [4.69, 9.17) is 0 Å². The van der Waals surface area contributed by atoms with Gasteiger partial charge in [-0.25, -0.2) is 0 Å². The van der Waals surface area contributed by atoms with Gasteiger partial charge in [-0.3, -0.25) is 9.59 Å². The van der Waals surface area contributed by atoms with Gasteiger partial charge in [-0.15, -0.1) is 0 Å². The number of carbonyl (C=O) groups excluding carboxylic acids is 2. The molecular formula is C11H19N3O2. The molecule has 2 unspecified atom stereocenters. The number of hydrogen-bond acceptors (Lipinski definition) is 3. The molecule has 2 aliphatic rings. The van der Waals surface area contributed by atoms with Crippen LogP contribution in [0.25, 0.3) is 0 Å². The highest BCUT2D eigenvalue weighted by Crippen LogP contribution is 2.25. The molecule has 0 aromatic rings. The van der Waals surface area contributed by atoms with E-state index in [0.717, 1.165) is 38.8 Å². The van der Waals surface area contributed by atoms with E-state index >= 15 is 0 Å². The second kappa shape index (κ2) is 4.41. The molecule has 2 saturated heterocycles. The predicted octanol–water partition coefficient (Wildman–Crippen LogP) is -0.177. The van der Waals surface area contributed by atoms with Gasteiger partial charge >= 0.3 is 0 Å². The topological polar surface area (TPSA) is 61.4 Å². The molecule has 2 fully saturated rings. The van der Waals surface area contributed by atoms with E-state index in [9.17, 15) is 9.59 Å². The molecular weight excluding hydrogens is 206 g/mol. The monoisotopic (exact) mass is 225 g/mol. The van der Waals surface area contributed by atoms with Crippen LogP contribution in [0.1, 0.15) is 32.6 Å². The average Bonchev–Trinajstić information content (AvgIpc) is 2.88. The lowest BCUT2D eigenvalue weighted by Gasteiger charge is -2.32. The van der Waals surface area contributed by atoms with E-state index in [-0.39, 0.29) is 12.1 Å². The van der Waals surface area contributed by atoms with Crippen LogP contribution in [0, 0.1) is 0 Å². The van der Waals surface area contributed by atoms with Crippen LogP contribution in [0.2, 0.25) is 0 Å². The fourth-order valence-corrected chi connectivity index (χ4v) is 2.66. The molecule has 2 aliphatic heterocycles. The average molecular weight is 225 g/mol. The molecule has 2 heterocycles. The summed E-state index contributed by atoms with van der Waals surface area (Å²) in [6, 6.07) is 0. The minimum atomic E-state index is -0.423. The van der Waals surface area contributed by atoms with Crippen LogP contribution in [0.15, 0.2) is 0 Å². The molecule has 0 radical (unpaired) electrons. The first-order chi connectivity index (χ1) is 7.67. The maximum atomic E-state index is 12.4. The van der Waals surface area contributed by atoms with Crippen LogP contribution in [0.5, 0.6) is 0 Å². The van der Waals surface area contributed by atoms with Gasteiger partial charge in [-0.2, -0.15) is 0 Å². The summed E-state index contributed by atoms with van der Waals surface area (Å²) < 4.78 is 0. The second-order valence-electron chi connectivity index (χ2n) is 4.80. The van der Waals surface area contributed by atoms with Gasteiger partial charge in [0, 0.05) is 6.54 Å². The Morgan fingerprint density at radius 3 is 3.00 bits per heavy atom. The molecule has 5 heteroatoms. The van der Waals surface area contributed by atoms with E-state index in [0.29, 0.717) is 6.41 Å². The van der Waals surface area contributed by atoms with E-state index in [1.807, 2.05) is 6.92 Å². The van der Waals surface area contributed by atoms with Crippen LogP contribution in [-0.2, 0) is 9.59 Å². The standard InChI is InChI=1S/C11H19N3O2/c1-11(5-3-6-13-11)10(16)14-7-2-4-9(14)12-8-15/h8-9,13H,2-7H2,1H3,(H,12,15). The highest BCUT2D eigenvalue weighted by molar-refractivity contribution is 5.87. The van der Waals surface area contributed by atoms with Crippen molar-refractivity contribution in [3.05, 3.63) is 0 Å². The van der Waals surface area contributed by atoms with E-state index < -0.39 is 5.54 Å². The van der Waals surface area contributed by atoms with Crippen molar-refractivity contribution in [1.82, 2.24) is 15.5 Å². The van der Waals surface area contributed by atoms with Crippen molar-refractivity contribution < 1.29 is 9.59 Å². The molecule has 0 saturated carbocycles. The zero-order valence-corrected chi connectivity index (χ0v) is 9.66. The largest absolute Gasteiger partial charge is 0.338 e. The van der Waals surface area contributed by atoms with Crippen LogP contribution >= 0.6 is 0 Å². The Balaban J connectivity index is 2.05. The SMILES string of the molecule is CC1(C(=O)N2CCCC2NC=O)CCCN1. The maximum Gasteiger partial charge on any atom is 0.244 e. The third-order valence-electron chi connectivity index (χ3n) is 3.61. The summed E-state index contributed by atoms with van der Waals surface area (Å²) in [6.07, 6.45) is 4.33. The molecule has 0 aromatic carbocycles. The second-order valence-corrected chi connectivity index (χ2v) is 4.80. The lowest BCUT2D eigenvalue weighted by atomic mass is 9.98. The normalized spacial score (nSPS) is 34.1. The van der Waals surface area contributed by atoms with Gasteiger partial charge in [-0.05, 0) is 39.2 Å². The Hall–Kier alpha value is -1.10.